The third-order valence-electron chi connectivity index (χ3n) is 2.95. The van der Waals surface area contributed by atoms with Gasteiger partial charge in [0.15, 0.2) is 0 Å². The minimum Gasteiger partial charge on any atom is -0.309 e. The molecule has 0 spiro atoms. The van der Waals surface area contributed by atoms with Crippen molar-refractivity contribution in [2.75, 3.05) is 0 Å². The minimum atomic E-state index is 0.706. The Hall–Kier alpha value is -1.63. The van der Waals surface area contributed by atoms with Gasteiger partial charge in [-0.3, -0.25) is 0 Å². The molecule has 2 aromatic carbocycles. The number of aryl methyl sites for hydroxylation is 1. The van der Waals surface area contributed by atoms with Crippen LogP contribution >= 0.6 is 15.9 Å². The van der Waals surface area contributed by atoms with Crippen LogP contribution in [0.25, 0.3) is 0 Å². The molecule has 0 saturated heterocycles. The highest BCUT2D eigenvalue weighted by Crippen LogP contribution is 2.17. The van der Waals surface area contributed by atoms with Gasteiger partial charge in [-0.15, -0.1) is 0 Å². The lowest BCUT2D eigenvalue weighted by Gasteiger charge is -2.07. The van der Waals surface area contributed by atoms with Gasteiger partial charge in [-0.2, -0.15) is 5.26 Å². The first kappa shape index (κ1) is 13.8. The first-order valence-electron chi connectivity index (χ1n) is 6.14. The zero-order valence-corrected chi connectivity index (χ0v) is 12.4. The van der Waals surface area contributed by atoms with Gasteiger partial charge in [0, 0.05) is 17.6 Å². The van der Waals surface area contributed by atoms with Gasteiger partial charge in [0.2, 0.25) is 0 Å². The fourth-order valence-electron chi connectivity index (χ4n) is 1.85. The van der Waals surface area contributed by atoms with Gasteiger partial charge in [-0.25, -0.2) is 0 Å². The molecule has 0 aliphatic carbocycles. The SMILES string of the molecule is Cc1ccc(CNCc2cccc(C#N)c2)cc1Br. The molecule has 2 rings (SSSR count). The molecule has 0 heterocycles. The Labute approximate surface area is 122 Å². The van der Waals surface area contributed by atoms with Crippen LogP contribution in [0.15, 0.2) is 46.9 Å². The van der Waals surface area contributed by atoms with Crippen LogP contribution in [0.4, 0.5) is 0 Å². The second-order valence-electron chi connectivity index (χ2n) is 4.50. The molecule has 0 fully saturated rings. The summed E-state index contributed by atoms with van der Waals surface area (Å²) in [6.45, 7) is 3.66. The topological polar surface area (TPSA) is 35.8 Å². The van der Waals surface area contributed by atoms with Crippen molar-refractivity contribution in [3.05, 3.63) is 69.2 Å². The summed E-state index contributed by atoms with van der Waals surface area (Å²) >= 11 is 3.54. The highest BCUT2D eigenvalue weighted by molar-refractivity contribution is 9.10. The quantitative estimate of drug-likeness (QED) is 0.928. The maximum Gasteiger partial charge on any atom is 0.0991 e. The molecule has 1 N–H and O–H groups in total. The monoisotopic (exact) mass is 314 g/mol. The van der Waals surface area contributed by atoms with E-state index in [1.807, 2.05) is 24.3 Å². The van der Waals surface area contributed by atoms with Crippen molar-refractivity contribution >= 4 is 15.9 Å². The average molecular weight is 315 g/mol. The Morgan fingerprint density at radius 2 is 1.84 bits per heavy atom. The largest absolute Gasteiger partial charge is 0.309 e. The van der Waals surface area contributed by atoms with Crippen LogP contribution in [-0.2, 0) is 13.1 Å². The molecule has 2 aromatic rings. The molecule has 0 amide bonds. The fourth-order valence-corrected chi connectivity index (χ4v) is 2.27. The number of nitrogens with zero attached hydrogens (tertiary/aromatic N) is 1. The van der Waals surface area contributed by atoms with E-state index in [2.05, 4.69) is 52.4 Å². The van der Waals surface area contributed by atoms with Crippen LogP contribution in [0.5, 0.6) is 0 Å². The van der Waals surface area contributed by atoms with E-state index in [1.165, 1.54) is 11.1 Å². The summed E-state index contributed by atoms with van der Waals surface area (Å²) < 4.78 is 1.14. The van der Waals surface area contributed by atoms with Crippen LogP contribution in [0.1, 0.15) is 22.3 Å². The van der Waals surface area contributed by atoms with Crippen molar-refractivity contribution in [1.29, 1.82) is 5.26 Å². The van der Waals surface area contributed by atoms with Crippen LogP contribution < -0.4 is 5.32 Å². The summed E-state index contributed by atoms with van der Waals surface area (Å²) in [6, 6.07) is 16.2. The number of nitriles is 1. The number of nitrogens with one attached hydrogen (secondary N) is 1. The molecule has 0 aliphatic rings. The predicted molar refractivity (Wildman–Crippen MR) is 80.6 cm³/mol. The first-order valence-corrected chi connectivity index (χ1v) is 6.93. The summed E-state index contributed by atoms with van der Waals surface area (Å²) in [5.41, 5.74) is 4.32. The van der Waals surface area contributed by atoms with Crippen LogP contribution in [0.3, 0.4) is 0 Å². The first-order chi connectivity index (χ1) is 9.19. The number of halogens is 1. The van der Waals surface area contributed by atoms with Crippen molar-refractivity contribution in [3.63, 3.8) is 0 Å². The molecular formula is C16H15BrN2. The number of hydrogen-bond acceptors (Lipinski definition) is 2. The second kappa shape index (κ2) is 6.51. The Balaban J connectivity index is 1.92. The van der Waals surface area contributed by atoms with Gasteiger partial charge in [0.05, 0.1) is 11.6 Å². The molecule has 0 bridgehead atoms. The average Bonchev–Trinajstić information content (AvgIpc) is 2.43. The number of hydrogen-bond donors (Lipinski definition) is 1. The van der Waals surface area contributed by atoms with Gasteiger partial charge < -0.3 is 5.32 Å². The lowest BCUT2D eigenvalue weighted by Crippen LogP contribution is -2.12. The molecule has 0 unspecified atom stereocenters. The molecule has 0 aromatic heterocycles. The Morgan fingerprint density at radius 1 is 1.11 bits per heavy atom. The van der Waals surface area contributed by atoms with Gasteiger partial charge in [-0.1, -0.05) is 40.2 Å². The van der Waals surface area contributed by atoms with Crippen molar-refractivity contribution < 1.29 is 0 Å². The van der Waals surface area contributed by atoms with E-state index in [1.54, 1.807) is 0 Å². The molecule has 96 valence electrons. The molecule has 2 nitrogen and oxygen atoms in total. The van der Waals surface area contributed by atoms with Crippen molar-refractivity contribution in [2.45, 2.75) is 20.0 Å². The minimum absolute atomic E-state index is 0.706. The number of benzene rings is 2. The smallest absolute Gasteiger partial charge is 0.0991 e. The van der Waals surface area contributed by atoms with E-state index in [0.717, 1.165) is 23.1 Å². The zero-order chi connectivity index (χ0) is 13.7. The highest BCUT2D eigenvalue weighted by atomic mass is 79.9. The zero-order valence-electron chi connectivity index (χ0n) is 10.8. The summed E-state index contributed by atoms with van der Waals surface area (Å²) in [4.78, 5) is 0. The van der Waals surface area contributed by atoms with Crippen LogP contribution in [-0.4, -0.2) is 0 Å². The van der Waals surface area contributed by atoms with Crippen molar-refractivity contribution in [3.8, 4) is 6.07 Å². The van der Waals surface area contributed by atoms with Crippen molar-refractivity contribution in [1.82, 2.24) is 5.32 Å². The Morgan fingerprint density at radius 3 is 2.53 bits per heavy atom. The van der Waals surface area contributed by atoms with Crippen LogP contribution in [0.2, 0.25) is 0 Å². The molecule has 0 radical (unpaired) electrons. The van der Waals surface area contributed by atoms with Crippen molar-refractivity contribution in [2.24, 2.45) is 0 Å². The van der Waals surface area contributed by atoms with Gasteiger partial charge in [-0.05, 0) is 41.8 Å². The van der Waals surface area contributed by atoms with Gasteiger partial charge in [0.1, 0.15) is 0 Å². The molecule has 0 aliphatic heterocycles. The van der Waals surface area contributed by atoms with E-state index in [-0.39, 0.29) is 0 Å². The fraction of sp³-hybridized carbons (Fsp3) is 0.188. The lowest BCUT2D eigenvalue weighted by atomic mass is 10.1. The molecule has 0 atom stereocenters. The normalized spacial score (nSPS) is 10.2. The van der Waals surface area contributed by atoms with Gasteiger partial charge >= 0.3 is 0 Å². The second-order valence-corrected chi connectivity index (χ2v) is 5.35. The van der Waals surface area contributed by atoms with E-state index < -0.39 is 0 Å². The van der Waals surface area contributed by atoms with E-state index in [9.17, 15) is 0 Å². The summed E-state index contributed by atoms with van der Waals surface area (Å²) in [6.07, 6.45) is 0. The summed E-state index contributed by atoms with van der Waals surface area (Å²) in [5.74, 6) is 0. The lowest BCUT2D eigenvalue weighted by molar-refractivity contribution is 0.693. The number of rotatable bonds is 4. The Bertz CT molecular complexity index is 614. The van der Waals surface area contributed by atoms with Gasteiger partial charge in [0.25, 0.3) is 0 Å². The molecule has 19 heavy (non-hydrogen) atoms. The maximum absolute atomic E-state index is 8.85. The van der Waals surface area contributed by atoms with E-state index in [4.69, 9.17) is 5.26 Å². The Kier molecular flexibility index (Phi) is 4.73. The molecule has 0 saturated carbocycles. The summed E-state index contributed by atoms with van der Waals surface area (Å²) in [7, 11) is 0. The van der Waals surface area contributed by atoms with E-state index in [0.29, 0.717) is 5.56 Å². The third kappa shape index (κ3) is 3.92. The standard InChI is InChI=1S/C16H15BrN2/c1-12-5-6-15(8-16(12)17)11-19-10-14-4-2-3-13(7-14)9-18/h2-8,19H,10-11H2,1H3. The third-order valence-corrected chi connectivity index (χ3v) is 3.80. The van der Waals surface area contributed by atoms with Crippen LogP contribution in [0, 0.1) is 18.3 Å². The summed E-state index contributed by atoms with van der Waals surface area (Å²) in [5, 5.41) is 12.2. The predicted octanol–water partition coefficient (Wildman–Crippen LogP) is 3.92. The highest BCUT2D eigenvalue weighted by Gasteiger charge is 1.99. The maximum atomic E-state index is 8.85. The molecule has 3 heteroatoms. The van der Waals surface area contributed by atoms with E-state index >= 15 is 0 Å². The molecular weight excluding hydrogens is 300 g/mol.